The topological polar surface area (TPSA) is 81.3 Å². The summed E-state index contributed by atoms with van der Waals surface area (Å²) in [6.45, 7) is 0. The quantitative estimate of drug-likeness (QED) is 0.609. The molecule has 0 bridgehead atoms. The van der Waals surface area contributed by atoms with Gasteiger partial charge in [0.25, 0.3) is 0 Å². The van der Waals surface area contributed by atoms with E-state index in [4.69, 9.17) is 10.4 Å². The van der Waals surface area contributed by atoms with Gasteiger partial charge in [0.15, 0.2) is 29.3 Å². The van der Waals surface area contributed by atoms with E-state index in [2.05, 4.69) is 0 Å². The normalized spacial score (nSPS) is 22.4. The van der Waals surface area contributed by atoms with E-state index in [1.165, 1.54) is 0 Å². The summed E-state index contributed by atoms with van der Waals surface area (Å²) in [6, 6.07) is 0.935. The molecule has 0 saturated heterocycles. The Morgan fingerprint density at radius 1 is 1.14 bits per heavy atom. The van der Waals surface area contributed by atoms with Crippen molar-refractivity contribution in [1.82, 2.24) is 0 Å². The van der Waals surface area contributed by atoms with E-state index in [-0.39, 0.29) is 0 Å². The number of halogens is 6. The molecule has 0 heterocycles. The molecule has 4 nitrogen and oxygen atoms in total. The van der Waals surface area contributed by atoms with Gasteiger partial charge in [-0.05, 0) is 0 Å². The van der Waals surface area contributed by atoms with Crippen LogP contribution in [-0.2, 0) is 0 Å². The van der Waals surface area contributed by atoms with Crippen LogP contribution in [-0.4, -0.2) is 28.3 Å². The number of hydrogen-bond donors (Lipinski definition) is 2. The van der Waals surface area contributed by atoms with Crippen molar-refractivity contribution in [1.29, 1.82) is 5.26 Å². The molecule has 1 aromatic carbocycles. The second-order valence-corrected chi connectivity index (χ2v) is 4.54. The van der Waals surface area contributed by atoms with Gasteiger partial charge in [-0.3, -0.25) is 4.79 Å². The fourth-order valence-electron chi connectivity index (χ4n) is 2.30. The molecule has 0 aliphatic heterocycles. The number of aliphatic hydroxyl groups excluding tert-OH is 2. The Morgan fingerprint density at radius 2 is 1.68 bits per heavy atom. The van der Waals surface area contributed by atoms with Gasteiger partial charge < -0.3 is 10.2 Å². The SMILES string of the molecule is N#Cc1c(F)c(F)c2c(c1F)C(=O)C(C(O)C(F)(F)F)C2O. The zero-order chi connectivity index (χ0) is 17.0. The number of fused-ring (bicyclic) bond motifs is 1. The Bertz CT molecular complexity index is 709. The van der Waals surface area contributed by atoms with Gasteiger partial charge in [0, 0.05) is 5.56 Å². The first-order valence-corrected chi connectivity index (χ1v) is 5.61. The Morgan fingerprint density at radius 3 is 2.14 bits per heavy atom. The van der Waals surface area contributed by atoms with Gasteiger partial charge in [-0.15, -0.1) is 0 Å². The standard InChI is InChI=1S/C12H5F6NO3/c13-6-2(1-19)7(14)8(15)4-3(6)9(20)5(10(4)21)11(22)12(16,17)18/h5,10-11,21-22H. The van der Waals surface area contributed by atoms with Crippen molar-refractivity contribution in [3.63, 3.8) is 0 Å². The highest BCUT2D eigenvalue weighted by molar-refractivity contribution is 6.04. The average molecular weight is 325 g/mol. The molecule has 1 aromatic rings. The minimum atomic E-state index is -5.35. The largest absolute Gasteiger partial charge is 0.415 e. The maximum atomic E-state index is 13.8. The van der Waals surface area contributed by atoms with Gasteiger partial charge in [-0.1, -0.05) is 0 Å². The van der Waals surface area contributed by atoms with Crippen molar-refractivity contribution < 1.29 is 41.4 Å². The smallest absolute Gasteiger partial charge is 0.387 e. The van der Waals surface area contributed by atoms with Gasteiger partial charge >= 0.3 is 6.18 Å². The number of Topliss-reactive ketones (excluding diaryl/α,β-unsaturated/α-hetero) is 1. The Kier molecular flexibility index (Phi) is 3.67. The predicted molar refractivity (Wildman–Crippen MR) is 55.9 cm³/mol. The van der Waals surface area contributed by atoms with Gasteiger partial charge in [0.05, 0.1) is 17.6 Å². The van der Waals surface area contributed by atoms with Crippen molar-refractivity contribution in [2.24, 2.45) is 5.92 Å². The van der Waals surface area contributed by atoms with Crippen LogP contribution < -0.4 is 0 Å². The third kappa shape index (κ3) is 2.05. The van der Waals surface area contributed by atoms with E-state index in [1.807, 2.05) is 0 Å². The highest BCUT2D eigenvalue weighted by atomic mass is 19.4. The van der Waals surface area contributed by atoms with Crippen LogP contribution in [0.25, 0.3) is 0 Å². The zero-order valence-electron chi connectivity index (χ0n) is 10.2. The Labute approximate surface area is 118 Å². The van der Waals surface area contributed by atoms with Crippen LogP contribution in [0.15, 0.2) is 0 Å². The molecule has 2 rings (SSSR count). The number of rotatable bonds is 1. The first-order valence-electron chi connectivity index (χ1n) is 5.61. The number of carbonyl (C=O) groups is 1. The van der Waals surface area contributed by atoms with E-state index >= 15 is 0 Å². The summed E-state index contributed by atoms with van der Waals surface area (Å²) < 4.78 is 78.4. The lowest BCUT2D eigenvalue weighted by Crippen LogP contribution is -2.40. The van der Waals surface area contributed by atoms with Crippen LogP contribution in [0.2, 0.25) is 0 Å². The molecule has 0 saturated carbocycles. The van der Waals surface area contributed by atoms with Crippen molar-refractivity contribution >= 4 is 5.78 Å². The van der Waals surface area contributed by atoms with E-state index in [0.717, 1.165) is 6.07 Å². The fourth-order valence-corrected chi connectivity index (χ4v) is 2.30. The molecular formula is C12H5F6NO3. The highest BCUT2D eigenvalue weighted by Crippen LogP contribution is 2.45. The summed E-state index contributed by atoms with van der Waals surface area (Å²) in [6.07, 6.45) is -11.4. The molecule has 10 heteroatoms. The lowest BCUT2D eigenvalue weighted by Gasteiger charge is -2.22. The maximum Gasteiger partial charge on any atom is 0.415 e. The van der Waals surface area contributed by atoms with Gasteiger partial charge in [0.2, 0.25) is 0 Å². The summed E-state index contributed by atoms with van der Waals surface area (Å²) in [5, 5.41) is 27.2. The molecule has 3 unspecified atom stereocenters. The number of nitriles is 1. The van der Waals surface area contributed by atoms with Gasteiger partial charge in [-0.25, -0.2) is 13.2 Å². The van der Waals surface area contributed by atoms with Crippen molar-refractivity contribution in [3.8, 4) is 6.07 Å². The number of carbonyl (C=O) groups excluding carboxylic acids is 1. The van der Waals surface area contributed by atoms with Crippen LogP contribution in [0.3, 0.4) is 0 Å². The molecule has 0 radical (unpaired) electrons. The number of ketones is 1. The number of alkyl halides is 3. The highest BCUT2D eigenvalue weighted by Gasteiger charge is 2.55. The average Bonchev–Trinajstić information content (AvgIpc) is 2.67. The third-order valence-corrected chi connectivity index (χ3v) is 3.33. The van der Waals surface area contributed by atoms with Crippen LogP contribution in [0, 0.1) is 34.7 Å². The van der Waals surface area contributed by atoms with Gasteiger partial charge in [-0.2, -0.15) is 18.4 Å². The second-order valence-electron chi connectivity index (χ2n) is 4.54. The summed E-state index contributed by atoms with van der Waals surface area (Å²) in [5.41, 5.74) is -4.21. The van der Waals surface area contributed by atoms with E-state index in [1.54, 1.807) is 0 Å². The monoisotopic (exact) mass is 325 g/mol. The maximum absolute atomic E-state index is 13.8. The molecule has 0 fully saturated rings. The third-order valence-electron chi connectivity index (χ3n) is 3.33. The molecular weight excluding hydrogens is 320 g/mol. The molecule has 2 N–H and O–H groups in total. The van der Waals surface area contributed by atoms with Crippen molar-refractivity contribution in [2.75, 3.05) is 0 Å². The number of hydrogen-bond acceptors (Lipinski definition) is 4. The first-order chi connectivity index (χ1) is 10.0. The number of benzene rings is 1. The lowest BCUT2D eigenvalue weighted by molar-refractivity contribution is -0.221. The van der Waals surface area contributed by atoms with E-state index < -0.39 is 64.2 Å². The molecule has 0 amide bonds. The minimum Gasteiger partial charge on any atom is -0.387 e. The molecule has 1 aliphatic rings. The van der Waals surface area contributed by atoms with Crippen molar-refractivity contribution in [2.45, 2.75) is 18.4 Å². The van der Waals surface area contributed by atoms with Crippen LogP contribution >= 0.6 is 0 Å². The van der Waals surface area contributed by atoms with Crippen LogP contribution in [0.1, 0.15) is 27.6 Å². The summed E-state index contributed by atoms with van der Waals surface area (Å²) in [4.78, 5) is 11.8. The van der Waals surface area contributed by atoms with E-state index in [0.29, 0.717) is 0 Å². The number of nitrogens with zero attached hydrogens (tertiary/aromatic N) is 1. The van der Waals surface area contributed by atoms with Gasteiger partial charge in [0.1, 0.15) is 11.6 Å². The minimum absolute atomic E-state index is 0.935. The molecule has 3 atom stereocenters. The first kappa shape index (κ1) is 16.3. The van der Waals surface area contributed by atoms with Crippen LogP contribution in [0.5, 0.6) is 0 Å². The summed E-state index contributed by atoms with van der Waals surface area (Å²) >= 11 is 0. The summed E-state index contributed by atoms with van der Waals surface area (Å²) in [7, 11) is 0. The molecule has 1 aliphatic carbocycles. The van der Waals surface area contributed by atoms with Crippen molar-refractivity contribution in [3.05, 3.63) is 34.1 Å². The number of aliphatic hydroxyl groups is 2. The molecule has 0 aromatic heterocycles. The lowest BCUT2D eigenvalue weighted by atomic mass is 9.95. The van der Waals surface area contributed by atoms with E-state index in [9.17, 15) is 36.2 Å². The Balaban J connectivity index is 2.71. The zero-order valence-corrected chi connectivity index (χ0v) is 10.2. The predicted octanol–water partition coefficient (Wildman–Crippen LogP) is 1.74. The van der Waals surface area contributed by atoms with Crippen LogP contribution in [0.4, 0.5) is 26.3 Å². The second kappa shape index (κ2) is 4.96. The Hall–Kier alpha value is -2.12. The fraction of sp³-hybridized carbons (Fsp3) is 0.333. The summed E-state index contributed by atoms with van der Waals surface area (Å²) in [5.74, 6) is -10.3. The molecule has 22 heavy (non-hydrogen) atoms. The molecule has 118 valence electrons. The molecule has 0 spiro atoms.